The molecule has 0 aliphatic carbocycles. The van der Waals surface area contributed by atoms with E-state index in [-0.39, 0.29) is 5.91 Å². The van der Waals surface area contributed by atoms with E-state index >= 15 is 0 Å². The van der Waals surface area contributed by atoms with Gasteiger partial charge in [0.2, 0.25) is 5.91 Å². The van der Waals surface area contributed by atoms with E-state index in [0.29, 0.717) is 6.42 Å². The van der Waals surface area contributed by atoms with Crippen LogP contribution in [0, 0.1) is 19.8 Å². The highest BCUT2D eigenvalue weighted by atomic mass is 16.1. The molecular weight excluding hydrogens is 320 g/mol. The molecule has 1 saturated heterocycles. The van der Waals surface area contributed by atoms with Crippen molar-refractivity contribution >= 4 is 11.6 Å². The number of hydrogen-bond acceptors (Lipinski definition) is 2. The van der Waals surface area contributed by atoms with E-state index in [1.54, 1.807) is 0 Å². The third-order valence-corrected chi connectivity index (χ3v) is 5.61. The number of nitrogens with one attached hydrogen (secondary N) is 1. The molecule has 26 heavy (non-hydrogen) atoms. The fraction of sp³-hybridized carbons (Fsp3) is 0.435. The highest BCUT2D eigenvalue weighted by molar-refractivity contribution is 5.91. The Kier molecular flexibility index (Phi) is 6.45. The minimum absolute atomic E-state index is 0.116. The molecule has 0 spiro atoms. The van der Waals surface area contributed by atoms with E-state index in [1.165, 1.54) is 30.4 Å². The summed E-state index contributed by atoms with van der Waals surface area (Å²) >= 11 is 0. The van der Waals surface area contributed by atoms with Gasteiger partial charge in [-0.15, -0.1) is 0 Å². The first-order chi connectivity index (χ1) is 12.6. The Hall–Kier alpha value is -2.13. The minimum atomic E-state index is 0.116. The van der Waals surface area contributed by atoms with Crippen LogP contribution in [0.4, 0.5) is 5.69 Å². The maximum absolute atomic E-state index is 12.3. The number of piperidine rings is 1. The molecule has 1 heterocycles. The van der Waals surface area contributed by atoms with Crippen LogP contribution in [0.2, 0.25) is 0 Å². The lowest BCUT2D eigenvalue weighted by molar-refractivity contribution is -0.116. The smallest absolute Gasteiger partial charge is 0.225 e. The highest BCUT2D eigenvalue weighted by Crippen LogP contribution is 2.22. The van der Waals surface area contributed by atoms with Crippen molar-refractivity contribution in [3.05, 3.63) is 65.2 Å². The van der Waals surface area contributed by atoms with Gasteiger partial charge in [0.25, 0.3) is 0 Å². The second kappa shape index (κ2) is 9.00. The van der Waals surface area contributed by atoms with Gasteiger partial charge >= 0.3 is 0 Å². The largest absolute Gasteiger partial charge is 0.326 e. The lowest BCUT2D eigenvalue weighted by Crippen LogP contribution is -2.36. The molecule has 2 aromatic rings. The van der Waals surface area contributed by atoms with Crippen molar-refractivity contribution in [2.75, 3.05) is 25.0 Å². The molecule has 3 heteroatoms. The quantitative estimate of drug-likeness (QED) is 0.826. The zero-order chi connectivity index (χ0) is 18.4. The van der Waals surface area contributed by atoms with Crippen LogP contribution >= 0.6 is 0 Å². The predicted octanol–water partition coefficient (Wildman–Crippen LogP) is 4.59. The number of likely N-dealkylation sites (tertiary alicyclic amines) is 1. The Balaban J connectivity index is 1.39. The van der Waals surface area contributed by atoms with E-state index in [2.05, 4.69) is 60.5 Å². The maximum atomic E-state index is 12.3. The lowest BCUT2D eigenvalue weighted by Gasteiger charge is -2.31. The number of carbonyl (C=O) groups excluding carboxylic acids is 1. The van der Waals surface area contributed by atoms with Crippen LogP contribution in [0.5, 0.6) is 0 Å². The van der Waals surface area contributed by atoms with Gasteiger partial charge in [0, 0.05) is 18.7 Å². The number of hydrogen-bond donors (Lipinski definition) is 1. The third-order valence-electron chi connectivity index (χ3n) is 5.61. The van der Waals surface area contributed by atoms with Gasteiger partial charge in [-0.25, -0.2) is 0 Å². The second-order valence-electron chi connectivity index (χ2n) is 7.52. The van der Waals surface area contributed by atoms with Crippen molar-refractivity contribution in [2.45, 2.75) is 39.5 Å². The molecule has 138 valence electrons. The van der Waals surface area contributed by atoms with Gasteiger partial charge < -0.3 is 10.2 Å². The molecule has 0 unspecified atom stereocenters. The summed E-state index contributed by atoms with van der Waals surface area (Å²) < 4.78 is 0. The van der Waals surface area contributed by atoms with Gasteiger partial charge in [-0.3, -0.25) is 4.79 Å². The van der Waals surface area contributed by atoms with Crippen LogP contribution in [-0.2, 0) is 11.2 Å². The van der Waals surface area contributed by atoms with Crippen LogP contribution in [-0.4, -0.2) is 30.4 Å². The lowest BCUT2D eigenvalue weighted by atomic mass is 9.90. The third kappa shape index (κ3) is 5.18. The fourth-order valence-corrected chi connectivity index (χ4v) is 3.72. The van der Waals surface area contributed by atoms with E-state index in [4.69, 9.17) is 0 Å². The van der Waals surface area contributed by atoms with Crippen LogP contribution < -0.4 is 5.32 Å². The standard InChI is InChI=1S/C23H30N2O/c1-18-7-6-10-22(19(18)2)24-23(26)13-16-25-14-11-21(12-15-25)17-20-8-4-3-5-9-20/h3-10,21H,11-17H2,1-2H3,(H,24,26). The molecule has 0 radical (unpaired) electrons. The average Bonchev–Trinajstić information content (AvgIpc) is 2.66. The molecule has 3 nitrogen and oxygen atoms in total. The Bertz CT molecular complexity index is 718. The van der Waals surface area contributed by atoms with E-state index in [1.807, 2.05) is 12.1 Å². The summed E-state index contributed by atoms with van der Waals surface area (Å²) in [6.07, 6.45) is 4.21. The molecular formula is C23H30N2O. The van der Waals surface area contributed by atoms with E-state index in [0.717, 1.165) is 36.8 Å². The molecule has 0 saturated carbocycles. The Morgan fingerprint density at radius 3 is 2.50 bits per heavy atom. The molecule has 0 aromatic heterocycles. The fourth-order valence-electron chi connectivity index (χ4n) is 3.72. The van der Waals surface area contributed by atoms with Gasteiger partial charge in [-0.1, -0.05) is 42.5 Å². The van der Waals surface area contributed by atoms with Crippen LogP contribution in [0.25, 0.3) is 0 Å². The van der Waals surface area contributed by atoms with Crippen molar-refractivity contribution in [2.24, 2.45) is 5.92 Å². The van der Waals surface area contributed by atoms with Gasteiger partial charge in [-0.2, -0.15) is 0 Å². The maximum Gasteiger partial charge on any atom is 0.225 e. The molecule has 1 amide bonds. The molecule has 1 fully saturated rings. The molecule has 3 rings (SSSR count). The zero-order valence-electron chi connectivity index (χ0n) is 16.0. The Labute approximate surface area is 157 Å². The first-order valence-corrected chi connectivity index (χ1v) is 9.74. The molecule has 0 atom stereocenters. The number of anilines is 1. The number of nitrogens with zero attached hydrogens (tertiary/aromatic N) is 1. The normalized spacial score (nSPS) is 15.8. The molecule has 2 aromatic carbocycles. The summed E-state index contributed by atoms with van der Waals surface area (Å²) in [5.74, 6) is 0.891. The van der Waals surface area contributed by atoms with Gasteiger partial charge in [-0.05, 0) is 74.9 Å². The molecule has 1 aliphatic heterocycles. The summed E-state index contributed by atoms with van der Waals surface area (Å²) in [7, 11) is 0. The van der Waals surface area contributed by atoms with Gasteiger partial charge in [0.15, 0.2) is 0 Å². The second-order valence-corrected chi connectivity index (χ2v) is 7.52. The summed E-state index contributed by atoms with van der Waals surface area (Å²) in [5.41, 5.74) is 4.75. The van der Waals surface area contributed by atoms with Crippen molar-refractivity contribution in [3.63, 3.8) is 0 Å². The molecule has 0 bridgehead atoms. The summed E-state index contributed by atoms with van der Waals surface area (Å²) in [4.78, 5) is 14.7. The number of carbonyl (C=O) groups is 1. The van der Waals surface area contributed by atoms with Crippen molar-refractivity contribution < 1.29 is 4.79 Å². The Morgan fingerprint density at radius 1 is 1.04 bits per heavy atom. The first kappa shape index (κ1) is 18.7. The zero-order valence-corrected chi connectivity index (χ0v) is 16.0. The Morgan fingerprint density at radius 2 is 1.77 bits per heavy atom. The van der Waals surface area contributed by atoms with Crippen molar-refractivity contribution in [1.29, 1.82) is 0 Å². The summed E-state index contributed by atoms with van der Waals surface area (Å²) in [6.45, 7) is 7.20. The summed E-state index contributed by atoms with van der Waals surface area (Å²) in [5, 5.41) is 3.07. The monoisotopic (exact) mass is 350 g/mol. The number of benzene rings is 2. The van der Waals surface area contributed by atoms with Gasteiger partial charge in [0.1, 0.15) is 0 Å². The average molecular weight is 351 g/mol. The number of amides is 1. The number of aryl methyl sites for hydroxylation is 1. The minimum Gasteiger partial charge on any atom is -0.326 e. The highest BCUT2D eigenvalue weighted by Gasteiger charge is 2.20. The van der Waals surface area contributed by atoms with E-state index < -0.39 is 0 Å². The van der Waals surface area contributed by atoms with Crippen LogP contribution in [0.1, 0.15) is 36.0 Å². The van der Waals surface area contributed by atoms with Crippen molar-refractivity contribution in [1.82, 2.24) is 4.90 Å². The number of rotatable bonds is 6. The topological polar surface area (TPSA) is 32.3 Å². The van der Waals surface area contributed by atoms with E-state index in [9.17, 15) is 4.79 Å². The molecule has 1 N–H and O–H groups in total. The van der Waals surface area contributed by atoms with Crippen molar-refractivity contribution in [3.8, 4) is 0 Å². The summed E-state index contributed by atoms with van der Waals surface area (Å²) in [6, 6.07) is 16.8. The van der Waals surface area contributed by atoms with Crippen LogP contribution in [0.3, 0.4) is 0 Å². The molecule has 1 aliphatic rings. The first-order valence-electron chi connectivity index (χ1n) is 9.74. The van der Waals surface area contributed by atoms with Gasteiger partial charge in [0.05, 0.1) is 0 Å². The van der Waals surface area contributed by atoms with Crippen LogP contribution in [0.15, 0.2) is 48.5 Å². The SMILES string of the molecule is Cc1cccc(NC(=O)CCN2CCC(Cc3ccccc3)CC2)c1C. The predicted molar refractivity (Wildman–Crippen MR) is 108 cm³/mol.